The van der Waals surface area contributed by atoms with E-state index >= 15 is 0 Å². The van der Waals surface area contributed by atoms with Gasteiger partial charge in [0.1, 0.15) is 0 Å². The molecule has 0 aromatic carbocycles. The fraction of sp³-hybridized carbons (Fsp3) is 0.500. The molecule has 0 saturated heterocycles. The first kappa shape index (κ1) is 7.50. The van der Waals surface area contributed by atoms with Crippen LogP contribution < -0.4 is 5.73 Å². The third-order valence-electron chi connectivity index (χ3n) is 1.31. The Hall–Kier alpha value is -0.610. The van der Waals surface area contributed by atoms with Crippen molar-refractivity contribution in [2.45, 2.75) is 13.0 Å². The lowest BCUT2D eigenvalue weighted by atomic mass is 10.3. The molecule has 4 heteroatoms. The fourth-order valence-electron chi connectivity index (χ4n) is 0.608. The minimum absolute atomic E-state index is 0.0496. The lowest BCUT2D eigenvalue weighted by Gasteiger charge is -2.03. The molecular formula is C6H10N2OS. The van der Waals surface area contributed by atoms with Crippen molar-refractivity contribution >= 4 is 16.5 Å². The molecule has 3 nitrogen and oxygen atoms in total. The van der Waals surface area contributed by atoms with Crippen LogP contribution in [0.25, 0.3) is 0 Å². The van der Waals surface area contributed by atoms with Crippen LogP contribution in [0.4, 0.5) is 5.13 Å². The first-order valence-electron chi connectivity index (χ1n) is 2.97. The first-order chi connectivity index (χ1) is 4.74. The van der Waals surface area contributed by atoms with Crippen LogP contribution in [0.5, 0.6) is 0 Å². The maximum atomic E-state index is 5.42. The summed E-state index contributed by atoms with van der Waals surface area (Å²) in [4.78, 5) is 4.05. The SMILES string of the molecule is CO[C@@H](C)c1csc(N)n1. The molecule has 1 heterocycles. The number of anilines is 1. The van der Waals surface area contributed by atoms with Crippen LogP contribution in [-0.2, 0) is 4.74 Å². The first-order valence-corrected chi connectivity index (χ1v) is 3.85. The zero-order valence-corrected chi connectivity index (χ0v) is 6.81. The van der Waals surface area contributed by atoms with E-state index in [-0.39, 0.29) is 6.10 Å². The number of hydrogen-bond acceptors (Lipinski definition) is 4. The lowest BCUT2D eigenvalue weighted by molar-refractivity contribution is 0.116. The van der Waals surface area contributed by atoms with Gasteiger partial charge in [0, 0.05) is 12.5 Å². The Morgan fingerprint density at radius 1 is 1.80 bits per heavy atom. The van der Waals surface area contributed by atoms with Crippen molar-refractivity contribution in [2.75, 3.05) is 12.8 Å². The van der Waals surface area contributed by atoms with E-state index in [0.29, 0.717) is 5.13 Å². The van der Waals surface area contributed by atoms with Crippen molar-refractivity contribution in [3.63, 3.8) is 0 Å². The summed E-state index contributed by atoms with van der Waals surface area (Å²) in [6, 6.07) is 0. The number of thiazole rings is 1. The van der Waals surface area contributed by atoms with Gasteiger partial charge in [-0.15, -0.1) is 11.3 Å². The number of ether oxygens (including phenoxy) is 1. The Bertz CT molecular complexity index is 211. The second-order valence-electron chi connectivity index (χ2n) is 1.99. The minimum atomic E-state index is 0.0496. The lowest BCUT2D eigenvalue weighted by Crippen LogP contribution is -1.96. The van der Waals surface area contributed by atoms with E-state index in [1.807, 2.05) is 12.3 Å². The van der Waals surface area contributed by atoms with Crippen LogP contribution in [0.2, 0.25) is 0 Å². The average molecular weight is 158 g/mol. The smallest absolute Gasteiger partial charge is 0.180 e. The quantitative estimate of drug-likeness (QED) is 0.708. The molecule has 1 atom stereocenters. The predicted octanol–water partition coefficient (Wildman–Crippen LogP) is 1.43. The largest absolute Gasteiger partial charge is 0.375 e. The standard InChI is InChI=1S/C6H10N2OS/c1-4(9-2)5-3-10-6(7)8-5/h3-4H,1-2H3,(H2,7,8)/t4-/m0/s1. The molecule has 0 bridgehead atoms. The fourth-order valence-corrected chi connectivity index (χ4v) is 1.25. The number of nitrogens with zero attached hydrogens (tertiary/aromatic N) is 1. The number of methoxy groups -OCH3 is 1. The molecule has 1 rings (SSSR count). The monoisotopic (exact) mass is 158 g/mol. The summed E-state index contributed by atoms with van der Waals surface area (Å²) < 4.78 is 5.04. The van der Waals surface area contributed by atoms with Gasteiger partial charge in [-0.05, 0) is 6.92 Å². The van der Waals surface area contributed by atoms with Crippen molar-refractivity contribution < 1.29 is 4.74 Å². The number of nitrogens with two attached hydrogens (primary N) is 1. The van der Waals surface area contributed by atoms with Gasteiger partial charge in [-0.1, -0.05) is 0 Å². The van der Waals surface area contributed by atoms with E-state index in [2.05, 4.69) is 4.98 Å². The van der Waals surface area contributed by atoms with Crippen molar-refractivity contribution in [3.05, 3.63) is 11.1 Å². The molecule has 0 fully saturated rings. The maximum absolute atomic E-state index is 5.42. The van der Waals surface area contributed by atoms with Crippen molar-refractivity contribution in [1.82, 2.24) is 4.98 Å². The summed E-state index contributed by atoms with van der Waals surface area (Å²) in [6.45, 7) is 1.94. The summed E-state index contributed by atoms with van der Waals surface area (Å²) in [5.74, 6) is 0. The predicted molar refractivity (Wildman–Crippen MR) is 42.0 cm³/mol. The summed E-state index contributed by atoms with van der Waals surface area (Å²) >= 11 is 1.43. The molecule has 1 aromatic rings. The minimum Gasteiger partial charge on any atom is -0.375 e. The van der Waals surface area contributed by atoms with Crippen molar-refractivity contribution in [1.29, 1.82) is 0 Å². The Morgan fingerprint density at radius 3 is 2.90 bits per heavy atom. The highest BCUT2D eigenvalue weighted by Gasteiger charge is 2.06. The molecule has 0 spiro atoms. The molecule has 0 aliphatic rings. The summed E-state index contributed by atoms with van der Waals surface area (Å²) in [6.07, 6.45) is 0.0496. The summed E-state index contributed by atoms with van der Waals surface area (Å²) in [5, 5.41) is 2.50. The van der Waals surface area contributed by atoms with Crippen molar-refractivity contribution in [2.24, 2.45) is 0 Å². The van der Waals surface area contributed by atoms with Gasteiger partial charge < -0.3 is 10.5 Å². The Kier molecular flexibility index (Phi) is 2.24. The molecule has 1 aromatic heterocycles. The molecule has 0 unspecified atom stereocenters. The van der Waals surface area contributed by atoms with E-state index < -0.39 is 0 Å². The zero-order chi connectivity index (χ0) is 7.56. The second kappa shape index (κ2) is 2.98. The van der Waals surface area contributed by atoms with Crippen LogP contribution in [-0.4, -0.2) is 12.1 Å². The molecule has 0 amide bonds. The molecule has 10 heavy (non-hydrogen) atoms. The Balaban J connectivity index is 2.74. The highest BCUT2D eigenvalue weighted by molar-refractivity contribution is 7.13. The second-order valence-corrected chi connectivity index (χ2v) is 2.88. The van der Waals surface area contributed by atoms with Crippen LogP contribution in [0.1, 0.15) is 18.7 Å². The zero-order valence-electron chi connectivity index (χ0n) is 6.00. The van der Waals surface area contributed by atoms with Crippen LogP contribution in [0.3, 0.4) is 0 Å². The topological polar surface area (TPSA) is 48.1 Å². The Labute approximate surface area is 63.8 Å². The van der Waals surface area contributed by atoms with Gasteiger partial charge in [-0.3, -0.25) is 0 Å². The van der Waals surface area contributed by atoms with E-state index in [0.717, 1.165) is 5.69 Å². The highest BCUT2D eigenvalue weighted by Crippen LogP contribution is 2.19. The number of rotatable bonds is 2. The molecule has 2 N–H and O–H groups in total. The maximum Gasteiger partial charge on any atom is 0.180 e. The van der Waals surface area contributed by atoms with Crippen molar-refractivity contribution in [3.8, 4) is 0 Å². The average Bonchev–Trinajstić information content (AvgIpc) is 2.34. The van der Waals surface area contributed by atoms with E-state index in [9.17, 15) is 0 Å². The Morgan fingerprint density at radius 2 is 2.50 bits per heavy atom. The number of hydrogen-bond donors (Lipinski definition) is 1. The normalized spacial score (nSPS) is 13.4. The molecule has 56 valence electrons. The third-order valence-corrected chi connectivity index (χ3v) is 2.00. The van der Waals surface area contributed by atoms with Gasteiger partial charge in [0.05, 0.1) is 11.8 Å². The molecule has 0 aliphatic heterocycles. The summed E-state index contributed by atoms with van der Waals surface area (Å²) in [5.41, 5.74) is 6.33. The van der Waals surface area contributed by atoms with Crippen LogP contribution >= 0.6 is 11.3 Å². The molecule has 0 radical (unpaired) electrons. The van der Waals surface area contributed by atoms with Gasteiger partial charge in [-0.25, -0.2) is 4.98 Å². The van der Waals surface area contributed by atoms with Gasteiger partial charge in [0.2, 0.25) is 0 Å². The molecular weight excluding hydrogens is 148 g/mol. The highest BCUT2D eigenvalue weighted by atomic mass is 32.1. The van der Waals surface area contributed by atoms with E-state index in [4.69, 9.17) is 10.5 Å². The van der Waals surface area contributed by atoms with Gasteiger partial charge in [-0.2, -0.15) is 0 Å². The molecule has 0 aliphatic carbocycles. The third kappa shape index (κ3) is 1.46. The van der Waals surface area contributed by atoms with Gasteiger partial charge in [0.15, 0.2) is 5.13 Å². The van der Waals surface area contributed by atoms with Crippen LogP contribution in [0, 0.1) is 0 Å². The van der Waals surface area contributed by atoms with E-state index in [1.54, 1.807) is 7.11 Å². The molecule has 0 saturated carbocycles. The van der Waals surface area contributed by atoms with Gasteiger partial charge >= 0.3 is 0 Å². The van der Waals surface area contributed by atoms with Crippen LogP contribution in [0.15, 0.2) is 5.38 Å². The number of aromatic nitrogens is 1. The van der Waals surface area contributed by atoms with Gasteiger partial charge in [0.25, 0.3) is 0 Å². The number of nitrogen functional groups attached to an aromatic ring is 1. The van der Waals surface area contributed by atoms with E-state index in [1.165, 1.54) is 11.3 Å². The summed E-state index contributed by atoms with van der Waals surface area (Å²) in [7, 11) is 1.65.